The number of nitrogens with one attached hydrogen (secondary N) is 2. The number of hydrogen-bond acceptors (Lipinski definition) is 5. The van der Waals surface area contributed by atoms with Crippen LogP contribution in [-0.2, 0) is 4.79 Å². The van der Waals surface area contributed by atoms with Crippen molar-refractivity contribution >= 4 is 33.4 Å². The molecule has 1 aliphatic heterocycles. The van der Waals surface area contributed by atoms with Gasteiger partial charge in [-0.05, 0) is 30.9 Å². The average Bonchev–Trinajstić information content (AvgIpc) is 3.17. The van der Waals surface area contributed by atoms with Crippen LogP contribution in [0.2, 0.25) is 0 Å². The molecule has 29 heavy (non-hydrogen) atoms. The molecule has 1 fully saturated rings. The van der Waals surface area contributed by atoms with E-state index in [4.69, 9.17) is 4.98 Å². The Kier molecular flexibility index (Phi) is 5.49. The van der Waals surface area contributed by atoms with Gasteiger partial charge in [0.2, 0.25) is 11.9 Å². The zero-order chi connectivity index (χ0) is 20.4. The summed E-state index contributed by atoms with van der Waals surface area (Å²) in [6.45, 7) is 7.47. The fourth-order valence-electron chi connectivity index (χ4n) is 3.83. The third-order valence-corrected chi connectivity index (χ3v) is 6.33. The Balaban J connectivity index is 1.69. The molecule has 150 valence electrons. The number of piperidine rings is 1. The molecule has 7 heteroatoms. The van der Waals surface area contributed by atoms with Crippen LogP contribution < -0.4 is 15.8 Å². The van der Waals surface area contributed by atoms with Crippen LogP contribution in [0.25, 0.3) is 21.3 Å². The van der Waals surface area contributed by atoms with Crippen molar-refractivity contribution < 1.29 is 4.79 Å². The average molecular weight is 409 g/mol. The number of fused-ring (bicyclic) bond motifs is 1. The van der Waals surface area contributed by atoms with Gasteiger partial charge in [-0.1, -0.05) is 30.3 Å². The summed E-state index contributed by atoms with van der Waals surface area (Å²) in [5, 5.41) is 4.87. The lowest BCUT2D eigenvalue weighted by Crippen LogP contribution is -2.44. The second-order valence-electron chi connectivity index (χ2n) is 7.35. The summed E-state index contributed by atoms with van der Waals surface area (Å²) < 4.78 is 0.629. The van der Waals surface area contributed by atoms with Gasteiger partial charge >= 0.3 is 0 Å². The van der Waals surface area contributed by atoms with Crippen molar-refractivity contribution in [3.05, 3.63) is 58.2 Å². The molecule has 0 bridgehead atoms. The van der Waals surface area contributed by atoms with Crippen molar-refractivity contribution in [2.24, 2.45) is 5.92 Å². The van der Waals surface area contributed by atoms with Crippen LogP contribution in [0.5, 0.6) is 0 Å². The minimum atomic E-state index is -0.131. The quantitative estimate of drug-likeness (QED) is 0.634. The van der Waals surface area contributed by atoms with Crippen molar-refractivity contribution in [1.29, 1.82) is 0 Å². The zero-order valence-electron chi connectivity index (χ0n) is 16.4. The zero-order valence-corrected chi connectivity index (χ0v) is 17.2. The van der Waals surface area contributed by atoms with Gasteiger partial charge in [0.15, 0.2) is 0 Å². The highest BCUT2D eigenvalue weighted by atomic mass is 32.1. The molecular weight excluding hydrogens is 384 g/mol. The van der Waals surface area contributed by atoms with Crippen LogP contribution >= 0.6 is 11.3 Å². The molecule has 0 aliphatic carbocycles. The maximum atomic E-state index is 12.7. The third-order valence-electron chi connectivity index (χ3n) is 5.36. The van der Waals surface area contributed by atoms with Gasteiger partial charge in [0, 0.05) is 30.6 Å². The first-order chi connectivity index (χ1) is 14.1. The monoisotopic (exact) mass is 408 g/mol. The van der Waals surface area contributed by atoms with Gasteiger partial charge in [-0.15, -0.1) is 17.9 Å². The van der Waals surface area contributed by atoms with E-state index >= 15 is 0 Å². The van der Waals surface area contributed by atoms with Crippen LogP contribution in [0.1, 0.15) is 18.4 Å². The van der Waals surface area contributed by atoms with Crippen molar-refractivity contribution in [2.45, 2.75) is 19.8 Å². The molecule has 6 nitrogen and oxygen atoms in total. The molecule has 4 rings (SSSR count). The molecule has 1 aliphatic rings. The fourth-order valence-corrected chi connectivity index (χ4v) is 4.73. The van der Waals surface area contributed by atoms with Gasteiger partial charge in [-0.2, -0.15) is 0 Å². The van der Waals surface area contributed by atoms with Gasteiger partial charge in [-0.25, -0.2) is 4.98 Å². The predicted molar refractivity (Wildman–Crippen MR) is 119 cm³/mol. The maximum Gasteiger partial charge on any atom is 0.270 e. The molecule has 0 radical (unpaired) electrons. The number of amides is 1. The molecule has 3 heterocycles. The molecule has 1 aromatic carbocycles. The minimum absolute atomic E-state index is 0.0224. The fraction of sp³-hybridized carbons (Fsp3) is 0.318. The van der Waals surface area contributed by atoms with Crippen LogP contribution in [0, 0.1) is 12.8 Å². The summed E-state index contributed by atoms with van der Waals surface area (Å²) in [7, 11) is 0. The molecule has 1 amide bonds. The van der Waals surface area contributed by atoms with E-state index in [9.17, 15) is 9.59 Å². The van der Waals surface area contributed by atoms with Crippen LogP contribution in [0.3, 0.4) is 0 Å². The molecule has 0 spiro atoms. The SMILES string of the molecule is C=CCNC(=O)[C@H]1CCCN(c2nc3c(-c4ccccc4C)csc3c(=O)[nH]2)C1. The number of rotatable bonds is 5. The van der Waals surface area contributed by atoms with Crippen molar-refractivity contribution in [2.75, 3.05) is 24.5 Å². The Labute approximate surface area is 173 Å². The smallest absolute Gasteiger partial charge is 0.270 e. The lowest BCUT2D eigenvalue weighted by molar-refractivity contribution is -0.125. The van der Waals surface area contributed by atoms with E-state index in [2.05, 4.69) is 35.9 Å². The number of H-pyrrole nitrogens is 1. The number of nitrogens with zero attached hydrogens (tertiary/aromatic N) is 2. The molecule has 1 saturated heterocycles. The molecule has 0 unspecified atom stereocenters. The molecule has 1 atom stereocenters. The first-order valence-corrected chi connectivity index (χ1v) is 10.7. The lowest BCUT2D eigenvalue weighted by Gasteiger charge is -2.32. The number of aromatic nitrogens is 2. The highest BCUT2D eigenvalue weighted by Crippen LogP contribution is 2.33. The second kappa shape index (κ2) is 8.21. The summed E-state index contributed by atoms with van der Waals surface area (Å²) in [5.41, 5.74) is 3.80. The van der Waals surface area contributed by atoms with E-state index in [-0.39, 0.29) is 17.4 Å². The van der Waals surface area contributed by atoms with Crippen LogP contribution in [-0.4, -0.2) is 35.5 Å². The largest absolute Gasteiger partial charge is 0.352 e. The molecule has 2 aromatic heterocycles. The van der Waals surface area contributed by atoms with Gasteiger partial charge in [0.25, 0.3) is 5.56 Å². The normalized spacial score (nSPS) is 16.7. The van der Waals surface area contributed by atoms with E-state index in [1.54, 1.807) is 6.08 Å². The minimum Gasteiger partial charge on any atom is -0.352 e. The number of anilines is 1. The maximum absolute atomic E-state index is 12.7. The van der Waals surface area contributed by atoms with Gasteiger partial charge < -0.3 is 10.2 Å². The van der Waals surface area contributed by atoms with Gasteiger partial charge in [-0.3, -0.25) is 14.6 Å². The van der Waals surface area contributed by atoms with Gasteiger partial charge in [0.1, 0.15) is 4.70 Å². The first-order valence-electron chi connectivity index (χ1n) is 9.79. The van der Waals surface area contributed by atoms with E-state index in [1.165, 1.54) is 11.3 Å². The first kappa shape index (κ1) is 19.4. The Morgan fingerprint density at radius 1 is 1.41 bits per heavy atom. The van der Waals surface area contributed by atoms with E-state index < -0.39 is 0 Å². The molecule has 3 aromatic rings. The van der Waals surface area contributed by atoms with E-state index in [1.807, 2.05) is 22.4 Å². The summed E-state index contributed by atoms with van der Waals surface area (Å²) in [5.74, 6) is 0.439. The summed E-state index contributed by atoms with van der Waals surface area (Å²) in [4.78, 5) is 34.9. The summed E-state index contributed by atoms with van der Waals surface area (Å²) in [6.07, 6.45) is 3.39. The van der Waals surface area contributed by atoms with Crippen molar-refractivity contribution in [1.82, 2.24) is 15.3 Å². The van der Waals surface area contributed by atoms with E-state index in [0.29, 0.717) is 23.7 Å². The molecule has 0 saturated carbocycles. The highest BCUT2D eigenvalue weighted by Gasteiger charge is 2.27. The predicted octanol–water partition coefficient (Wildman–Crippen LogP) is 3.48. The third kappa shape index (κ3) is 3.82. The number of carbonyl (C=O) groups excluding carboxylic acids is 1. The van der Waals surface area contributed by atoms with Crippen molar-refractivity contribution in [3.63, 3.8) is 0 Å². The Morgan fingerprint density at radius 2 is 2.24 bits per heavy atom. The summed E-state index contributed by atoms with van der Waals surface area (Å²) >= 11 is 1.42. The summed E-state index contributed by atoms with van der Waals surface area (Å²) in [6, 6.07) is 8.12. The Bertz CT molecular complexity index is 1120. The Morgan fingerprint density at radius 3 is 3.03 bits per heavy atom. The van der Waals surface area contributed by atoms with E-state index in [0.717, 1.165) is 41.6 Å². The number of aryl methyl sites for hydroxylation is 1. The highest BCUT2D eigenvalue weighted by molar-refractivity contribution is 7.17. The number of carbonyl (C=O) groups is 1. The van der Waals surface area contributed by atoms with Crippen molar-refractivity contribution in [3.8, 4) is 11.1 Å². The Hall–Kier alpha value is -2.93. The number of benzene rings is 1. The number of hydrogen-bond donors (Lipinski definition) is 2. The molecule has 2 N–H and O–H groups in total. The second-order valence-corrected chi connectivity index (χ2v) is 8.23. The number of thiophene rings is 1. The topological polar surface area (TPSA) is 78.1 Å². The lowest BCUT2D eigenvalue weighted by atomic mass is 9.97. The van der Waals surface area contributed by atoms with Crippen LogP contribution in [0.4, 0.5) is 5.95 Å². The number of aromatic amines is 1. The van der Waals surface area contributed by atoms with Gasteiger partial charge in [0.05, 0.1) is 11.4 Å². The standard InChI is InChI=1S/C22H24N4O2S/c1-3-10-23-20(27)15-8-6-11-26(12-15)22-24-18-17(13-29-19(18)21(28)25-22)16-9-5-4-7-14(16)2/h3-5,7,9,13,15H,1,6,8,10-12H2,2H3,(H,23,27)(H,24,25,28)/t15-/m0/s1. The van der Waals surface area contributed by atoms with Crippen LogP contribution in [0.15, 0.2) is 47.1 Å². The molecular formula is C22H24N4O2S.